The summed E-state index contributed by atoms with van der Waals surface area (Å²) in [7, 11) is 0. The zero-order chi connectivity index (χ0) is 11.0. The van der Waals surface area contributed by atoms with E-state index >= 15 is 0 Å². The van der Waals surface area contributed by atoms with Gasteiger partial charge < -0.3 is 5.73 Å². The van der Waals surface area contributed by atoms with Crippen LogP contribution in [0.3, 0.4) is 0 Å². The van der Waals surface area contributed by atoms with Gasteiger partial charge in [-0.25, -0.2) is 9.50 Å². The molecule has 0 unspecified atom stereocenters. The summed E-state index contributed by atoms with van der Waals surface area (Å²) in [6.07, 6.45) is 0. The molecule has 5 heteroatoms. The van der Waals surface area contributed by atoms with Crippen molar-refractivity contribution in [1.82, 2.24) is 14.6 Å². The Balaban J connectivity index is 2.70. The van der Waals surface area contributed by atoms with Gasteiger partial charge in [-0.15, -0.1) is 0 Å². The van der Waals surface area contributed by atoms with Gasteiger partial charge in [-0.2, -0.15) is 5.10 Å². The number of aromatic nitrogens is 3. The van der Waals surface area contributed by atoms with Crippen molar-refractivity contribution in [3.8, 4) is 0 Å². The van der Waals surface area contributed by atoms with Gasteiger partial charge in [-0.3, -0.25) is 5.41 Å². The number of nitrogens with two attached hydrogens (primary N) is 1. The van der Waals surface area contributed by atoms with E-state index in [4.69, 9.17) is 11.1 Å². The van der Waals surface area contributed by atoms with E-state index in [9.17, 15) is 0 Å². The van der Waals surface area contributed by atoms with E-state index in [2.05, 4.69) is 10.1 Å². The van der Waals surface area contributed by atoms with E-state index in [1.54, 1.807) is 10.6 Å². The van der Waals surface area contributed by atoms with Crippen LogP contribution in [0, 0.1) is 5.41 Å². The maximum atomic E-state index is 7.42. The van der Waals surface area contributed by atoms with Crippen LogP contribution in [0.2, 0.25) is 0 Å². The van der Waals surface area contributed by atoms with Gasteiger partial charge in [0.1, 0.15) is 11.5 Å². The highest BCUT2D eigenvalue weighted by atomic mass is 15.3. The standard InChI is InChI=1S/C10H13N5/c1-6(2)10-13-8-5-3-4-7(9(11)12)15(8)14-10/h3-6H,1-2H3,(H3,11,12). The van der Waals surface area contributed by atoms with Crippen LogP contribution in [-0.4, -0.2) is 20.4 Å². The van der Waals surface area contributed by atoms with Crippen LogP contribution in [-0.2, 0) is 0 Å². The Kier molecular flexibility index (Phi) is 2.15. The molecule has 0 fully saturated rings. The van der Waals surface area contributed by atoms with Gasteiger partial charge in [-0.05, 0) is 12.1 Å². The molecule has 0 spiro atoms. The number of nitrogen functional groups attached to an aromatic ring is 1. The van der Waals surface area contributed by atoms with Crippen molar-refractivity contribution in [1.29, 1.82) is 5.41 Å². The minimum atomic E-state index is 0.000746. The van der Waals surface area contributed by atoms with Crippen molar-refractivity contribution in [2.45, 2.75) is 19.8 Å². The highest BCUT2D eigenvalue weighted by molar-refractivity contribution is 5.93. The molecule has 2 rings (SSSR count). The molecular weight excluding hydrogens is 190 g/mol. The van der Waals surface area contributed by atoms with Crippen LogP contribution in [0.4, 0.5) is 0 Å². The summed E-state index contributed by atoms with van der Waals surface area (Å²) in [5.74, 6) is 1.04. The zero-order valence-corrected chi connectivity index (χ0v) is 8.73. The quantitative estimate of drug-likeness (QED) is 0.567. The van der Waals surface area contributed by atoms with Crippen LogP contribution < -0.4 is 5.73 Å². The van der Waals surface area contributed by atoms with Gasteiger partial charge in [0.15, 0.2) is 11.5 Å². The Morgan fingerprint density at radius 2 is 2.20 bits per heavy atom. The van der Waals surface area contributed by atoms with E-state index in [0.717, 1.165) is 11.5 Å². The second kappa shape index (κ2) is 3.34. The summed E-state index contributed by atoms with van der Waals surface area (Å²) in [5.41, 5.74) is 6.76. The van der Waals surface area contributed by atoms with E-state index in [-0.39, 0.29) is 11.8 Å². The molecule has 0 radical (unpaired) electrons. The van der Waals surface area contributed by atoms with Crippen LogP contribution in [0.25, 0.3) is 5.65 Å². The smallest absolute Gasteiger partial charge is 0.156 e. The fraction of sp³-hybridized carbons (Fsp3) is 0.300. The summed E-state index contributed by atoms with van der Waals surface area (Å²) >= 11 is 0. The van der Waals surface area contributed by atoms with E-state index < -0.39 is 0 Å². The van der Waals surface area contributed by atoms with Gasteiger partial charge in [0.2, 0.25) is 0 Å². The Bertz CT molecular complexity index is 512. The number of hydrogen-bond donors (Lipinski definition) is 2. The first-order valence-electron chi connectivity index (χ1n) is 4.79. The first-order chi connectivity index (χ1) is 7.09. The van der Waals surface area contributed by atoms with Gasteiger partial charge in [-0.1, -0.05) is 19.9 Å². The minimum absolute atomic E-state index is 0.000746. The molecule has 0 aliphatic carbocycles. The second-order valence-corrected chi connectivity index (χ2v) is 3.72. The number of nitrogens with one attached hydrogen (secondary N) is 1. The molecule has 0 amide bonds. The zero-order valence-electron chi connectivity index (χ0n) is 8.73. The minimum Gasteiger partial charge on any atom is -0.382 e. The third-order valence-electron chi connectivity index (χ3n) is 2.17. The Hall–Kier alpha value is -1.91. The van der Waals surface area contributed by atoms with Crippen molar-refractivity contribution in [2.24, 2.45) is 5.73 Å². The predicted molar refractivity (Wildman–Crippen MR) is 58.1 cm³/mol. The molecule has 2 heterocycles. The highest BCUT2D eigenvalue weighted by Gasteiger charge is 2.10. The number of pyridine rings is 1. The molecule has 0 saturated carbocycles. The first kappa shape index (κ1) is 9.64. The molecule has 78 valence electrons. The molecule has 0 atom stereocenters. The molecule has 0 aromatic carbocycles. The molecule has 0 aliphatic heterocycles. The lowest BCUT2D eigenvalue weighted by Crippen LogP contribution is -2.16. The Morgan fingerprint density at radius 3 is 2.80 bits per heavy atom. The molecular formula is C10H13N5. The van der Waals surface area contributed by atoms with Crippen molar-refractivity contribution < 1.29 is 0 Å². The molecule has 0 aliphatic rings. The number of hydrogen-bond acceptors (Lipinski definition) is 3. The summed E-state index contributed by atoms with van der Waals surface area (Å²) in [6.45, 7) is 4.06. The number of amidine groups is 1. The number of fused-ring (bicyclic) bond motifs is 1. The lowest BCUT2D eigenvalue weighted by molar-refractivity contribution is 0.763. The lowest BCUT2D eigenvalue weighted by atomic mass is 10.2. The third-order valence-corrected chi connectivity index (χ3v) is 2.17. The van der Waals surface area contributed by atoms with Crippen molar-refractivity contribution in [2.75, 3.05) is 0 Å². The Morgan fingerprint density at radius 1 is 1.47 bits per heavy atom. The van der Waals surface area contributed by atoms with Gasteiger partial charge in [0.25, 0.3) is 0 Å². The maximum Gasteiger partial charge on any atom is 0.156 e. The average molecular weight is 203 g/mol. The second-order valence-electron chi connectivity index (χ2n) is 3.72. The largest absolute Gasteiger partial charge is 0.382 e. The van der Waals surface area contributed by atoms with Gasteiger partial charge in [0, 0.05) is 5.92 Å². The monoisotopic (exact) mass is 203 g/mol. The molecule has 3 N–H and O–H groups in total. The predicted octanol–water partition coefficient (Wildman–Crippen LogP) is 1.14. The van der Waals surface area contributed by atoms with Crippen molar-refractivity contribution in [3.63, 3.8) is 0 Å². The molecule has 2 aromatic rings. The fourth-order valence-corrected chi connectivity index (χ4v) is 1.37. The first-order valence-corrected chi connectivity index (χ1v) is 4.79. The maximum absolute atomic E-state index is 7.42. The van der Waals surface area contributed by atoms with Gasteiger partial charge in [0.05, 0.1) is 0 Å². The van der Waals surface area contributed by atoms with Crippen molar-refractivity contribution >= 4 is 11.5 Å². The molecule has 0 bridgehead atoms. The topological polar surface area (TPSA) is 80.1 Å². The summed E-state index contributed by atoms with van der Waals surface area (Å²) in [5, 5.41) is 11.7. The van der Waals surface area contributed by atoms with Crippen LogP contribution in [0.5, 0.6) is 0 Å². The highest BCUT2D eigenvalue weighted by Crippen LogP contribution is 2.12. The van der Waals surface area contributed by atoms with E-state index in [1.165, 1.54) is 0 Å². The summed E-state index contributed by atoms with van der Waals surface area (Å²) in [4.78, 5) is 4.35. The SMILES string of the molecule is CC(C)c1nc2cccc(C(=N)N)n2n1. The molecule has 0 saturated heterocycles. The van der Waals surface area contributed by atoms with Crippen LogP contribution in [0.1, 0.15) is 31.3 Å². The molecule has 5 nitrogen and oxygen atoms in total. The lowest BCUT2D eigenvalue weighted by Gasteiger charge is -1.99. The van der Waals surface area contributed by atoms with Crippen LogP contribution in [0.15, 0.2) is 18.2 Å². The van der Waals surface area contributed by atoms with Crippen molar-refractivity contribution in [3.05, 3.63) is 29.7 Å². The van der Waals surface area contributed by atoms with E-state index in [0.29, 0.717) is 5.69 Å². The van der Waals surface area contributed by atoms with Gasteiger partial charge >= 0.3 is 0 Å². The van der Waals surface area contributed by atoms with E-state index in [1.807, 2.05) is 26.0 Å². The normalized spacial score (nSPS) is 11.1. The number of nitrogens with zero attached hydrogens (tertiary/aromatic N) is 3. The Labute approximate surface area is 87.4 Å². The summed E-state index contributed by atoms with van der Waals surface area (Å²) in [6, 6.07) is 5.43. The molecule has 15 heavy (non-hydrogen) atoms. The summed E-state index contributed by atoms with van der Waals surface area (Å²) < 4.78 is 1.61. The fourth-order valence-electron chi connectivity index (χ4n) is 1.37. The number of rotatable bonds is 2. The van der Waals surface area contributed by atoms with Crippen LogP contribution >= 0.6 is 0 Å². The third kappa shape index (κ3) is 1.56. The average Bonchev–Trinajstić information content (AvgIpc) is 2.60. The molecule has 2 aromatic heterocycles.